The Hall–Kier alpha value is -5.36. The number of rotatable bonds is 19. The van der Waals surface area contributed by atoms with Crippen LogP contribution in [0.2, 0.25) is 0 Å². The number of esters is 4. The summed E-state index contributed by atoms with van der Waals surface area (Å²) in [4.78, 5) is 77.7. The zero-order valence-corrected chi connectivity index (χ0v) is 32.8. The molecule has 0 radical (unpaired) electrons. The highest BCUT2D eigenvalue weighted by molar-refractivity contribution is 7.48. The van der Waals surface area contributed by atoms with Crippen LogP contribution < -0.4 is 14.8 Å². The van der Waals surface area contributed by atoms with E-state index in [2.05, 4.69) is 15.3 Å². The number of carbonyl (C=O) groups is 6. The maximum absolute atomic E-state index is 15.0. The van der Waals surface area contributed by atoms with Gasteiger partial charge in [0.15, 0.2) is 0 Å². The van der Waals surface area contributed by atoms with Gasteiger partial charge in [0.1, 0.15) is 29.9 Å². The molecule has 0 bridgehead atoms. The van der Waals surface area contributed by atoms with Crippen molar-refractivity contribution in [2.45, 2.75) is 84.5 Å². The summed E-state index contributed by atoms with van der Waals surface area (Å²) in [7, 11) is -5.00. The number of ether oxygens (including phenoxy) is 5. The van der Waals surface area contributed by atoms with E-state index in [1.807, 2.05) is 0 Å². The van der Waals surface area contributed by atoms with Crippen LogP contribution in [0.1, 0.15) is 77.2 Å². The molecule has 57 heavy (non-hydrogen) atoms. The molecule has 2 aliphatic rings. The van der Waals surface area contributed by atoms with Crippen LogP contribution in [0.25, 0.3) is 10.4 Å². The summed E-state index contributed by atoms with van der Waals surface area (Å²) < 4.78 is 59.7. The maximum Gasteiger partial charge on any atom is 0.476 e. The predicted octanol–water partition coefficient (Wildman–Crippen LogP) is 5.37. The van der Waals surface area contributed by atoms with E-state index in [9.17, 15) is 34.3 Å². The minimum atomic E-state index is -5.00. The number of hydrogen-bond donors (Lipinski definition) is 1. The fourth-order valence-electron chi connectivity index (χ4n) is 5.82. The SMILES string of the molecule is CCOC(=O)CC(OP(=O)(OCC1OC(N2CC(C)C(=O)NC2=O)CC1N=[N+]=[N-])OC(CC(=O)OCC)c1ccc(OC(C)=O)cc1)c1ccc(OC(C)=O)cc1. The summed E-state index contributed by atoms with van der Waals surface area (Å²) >= 11 is 0. The lowest BCUT2D eigenvalue weighted by Crippen LogP contribution is -2.57. The van der Waals surface area contributed by atoms with Gasteiger partial charge >= 0.3 is 37.7 Å². The van der Waals surface area contributed by atoms with Crippen molar-refractivity contribution in [3.05, 3.63) is 70.1 Å². The van der Waals surface area contributed by atoms with E-state index >= 15 is 4.57 Å². The number of phosphoric ester groups is 1. The van der Waals surface area contributed by atoms with Crippen LogP contribution in [-0.2, 0) is 56.3 Å². The lowest BCUT2D eigenvalue weighted by Gasteiger charge is -2.34. The minimum Gasteiger partial charge on any atom is -0.466 e. The van der Waals surface area contributed by atoms with Gasteiger partial charge < -0.3 is 23.7 Å². The number of benzene rings is 2. The monoisotopic (exact) mass is 817 g/mol. The molecule has 0 saturated carbocycles. The molecule has 6 atom stereocenters. The van der Waals surface area contributed by atoms with Crippen molar-refractivity contribution in [3.8, 4) is 11.5 Å². The second-order valence-electron chi connectivity index (χ2n) is 12.8. The Kier molecular flexibility index (Phi) is 16.1. The van der Waals surface area contributed by atoms with Gasteiger partial charge in [-0.25, -0.2) is 9.36 Å². The molecule has 20 nitrogen and oxygen atoms in total. The van der Waals surface area contributed by atoms with Crippen molar-refractivity contribution in [1.82, 2.24) is 10.2 Å². The van der Waals surface area contributed by atoms with Crippen LogP contribution in [0, 0.1) is 5.92 Å². The number of nitrogens with one attached hydrogen (secondary N) is 1. The van der Waals surface area contributed by atoms with E-state index in [0.717, 1.165) is 0 Å². The van der Waals surface area contributed by atoms with Gasteiger partial charge in [0.05, 0.1) is 50.7 Å². The van der Waals surface area contributed by atoms with Gasteiger partial charge in [-0.2, -0.15) is 0 Å². The topological polar surface area (TPSA) is 257 Å². The van der Waals surface area contributed by atoms with Gasteiger partial charge in [-0.15, -0.1) is 0 Å². The fourth-order valence-corrected chi connectivity index (χ4v) is 7.34. The molecule has 1 N–H and O–H groups in total. The first-order valence-electron chi connectivity index (χ1n) is 17.9. The largest absolute Gasteiger partial charge is 0.476 e. The highest BCUT2D eigenvalue weighted by atomic mass is 31.2. The molecule has 2 heterocycles. The highest BCUT2D eigenvalue weighted by Crippen LogP contribution is 2.58. The van der Waals surface area contributed by atoms with Crippen molar-refractivity contribution < 1.29 is 70.6 Å². The number of carbonyl (C=O) groups excluding carboxylic acids is 6. The molecule has 4 rings (SSSR count). The Morgan fingerprint density at radius 2 is 1.39 bits per heavy atom. The first kappa shape index (κ1) is 44.4. The molecular formula is C36H44N5O15P. The van der Waals surface area contributed by atoms with Gasteiger partial charge in [0.25, 0.3) is 0 Å². The van der Waals surface area contributed by atoms with Gasteiger partial charge in [-0.3, -0.25) is 47.8 Å². The summed E-state index contributed by atoms with van der Waals surface area (Å²) in [5.74, 6) is -3.36. The summed E-state index contributed by atoms with van der Waals surface area (Å²) in [5, 5.41) is 6.04. The normalized spacial score (nSPS) is 21.2. The average molecular weight is 818 g/mol. The number of phosphoric acid groups is 1. The fraction of sp³-hybridized carbons (Fsp3) is 0.500. The Balaban J connectivity index is 1.72. The van der Waals surface area contributed by atoms with E-state index in [1.54, 1.807) is 20.8 Å². The van der Waals surface area contributed by atoms with E-state index in [-0.39, 0.29) is 48.8 Å². The molecular weight excluding hydrogens is 773 g/mol. The van der Waals surface area contributed by atoms with Crippen LogP contribution >= 0.6 is 7.82 Å². The number of nitrogens with zero attached hydrogens (tertiary/aromatic N) is 4. The second-order valence-corrected chi connectivity index (χ2v) is 14.3. The smallest absolute Gasteiger partial charge is 0.466 e. The van der Waals surface area contributed by atoms with E-state index in [4.69, 9.17) is 37.3 Å². The summed E-state index contributed by atoms with van der Waals surface area (Å²) in [5.41, 5.74) is 9.86. The van der Waals surface area contributed by atoms with Crippen molar-refractivity contribution in [1.29, 1.82) is 0 Å². The van der Waals surface area contributed by atoms with Crippen LogP contribution in [-0.4, -0.2) is 85.5 Å². The highest BCUT2D eigenvalue weighted by Gasteiger charge is 2.45. The van der Waals surface area contributed by atoms with E-state index in [1.165, 1.54) is 67.3 Å². The zero-order chi connectivity index (χ0) is 41.7. The van der Waals surface area contributed by atoms with Crippen LogP contribution in [0.5, 0.6) is 11.5 Å². The molecule has 0 spiro atoms. The van der Waals surface area contributed by atoms with Crippen LogP contribution in [0.15, 0.2) is 53.6 Å². The summed E-state index contributed by atoms with van der Waals surface area (Å²) in [6.07, 6.45) is -5.95. The molecule has 308 valence electrons. The van der Waals surface area contributed by atoms with Gasteiger partial charge in [-0.05, 0) is 54.8 Å². The van der Waals surface area contributed by atoms with E-state index < -0.39 is 99.6 Å². The van der Waals surface area contributed by atoms with Crippen molar-refractivity contribution in [2.75, 3.05) is 26.4 Å². The van der Waals surface area contributed by atoms with Crippen molar-refractivity contribution in [3.63, 3.8) is 0 Å². The predicted molar refractivity (Wildman–Crippen MR) is 195 cm³/mol. The Morgan fingerprint density at radius 3 is 1.82 bits per heavy atom. The maximum atomic E-state index is 15.0. The Morgan fingerprint density at radius 1 is 0.895 bits per heavy atom. The molecule has 6 unspecified atom stereocenters. The Bertz CT molecular complexity index is 1780. The quantitative estimate of drug-likeness (QED) is 0.0467. The molecule has 2 aromatic rings. The van der Waals surface area contributed by atoms with Crippen LogP contribution in [0.4, 0.5) is 4.79 Å². The van der Waals surface area contributed by atoms with Gasteiger partial charge in [0.2, 0.25) is 5.91 Å². The second kappa shape index (κ2) is 20.7. The molecule has 2 fully saturated rings. The van der Waals surface area contributed by atoms with Crippen molar-refractivity contribution in [2.24, 2.45) is 11.0 Å². The third kappa shape index (κ3) is 13.1. The van der Waals surface area contributed by atoms with Gasteiger partial charge in [0, 0.05) is 31.7 Å². The molecule has 2 saturated heterocycles. The third-order valence-electron chi connectivity index (χ3n) is 8.41. The third-order valence-corrected chi connectivity index (χ3v) is 9.90. The lowest BCUT2D eigenvalue weighted by atomic mass is 10.1. The molecule has 0 aromatic heterocycles. The number of azide groups is 1. The number of amides is 3. The lowest BCUT2D eigenvalue weighted by molar-refractivity contribution is -0.145. The summed E-state index contributed by atoms with van der Waals surface area (Å²) in [6.45, 7) is 6.63. The Labute approximate surface area is 327 Å². The molecule has 2 aromatic carbocycles. The molecule has 0 aliphatic carbocycles. The first-order chi connectivity index (χ1) is 27.1. The minimum absolute atomic E-state index is 0.00812. The zero-order valence-electron chi connectivity index (χ0n) is 31.9. The number of hydrogen-bond acceptors (Lipinski definition) is 16. The molecule has 2 aliphatic heterocycles. The number of urea groups is 1. The summed E-state index contributed by atoms with van der Waals surface area (Å²) in [6, 6.07) is 9.79. The van der Waals surface area contributed by atoms with E-state index in [0.29, 0.717) is 0 Å². The standard InChI is InChI=1S/C36H44N5O15P/c1-6-49-33(44)17-29(24-8-12-26(13-9-24)52-22(4)42)55-57(48,56-30(18-34(45)50-7-2)25-10-14-27(15-11-25)53-23(5)43)51-20-31-28(39-40-37)16-32(54-31)41-19-21(3)35(46)38-36(41)47/h8-15,21,28-32H,6-7,16-20H2,1-5H3,(H,38,46,47). The van der Waals surface area contributed by atoms with Crippen molar-refractivity contribution >= 4 is 43.6 Å². The first-order valence-corrected chi connectivity index (χ1v) is 19.4. The average Bonchev–Trinajstić information content (AvgIpc) is 3.54. The molecule has 3 amide bonds. The van der Waals surface area contributed by atoms with Gasteiger partial charge in [-0.1, -0.05) is 36.3 Å². The molecule has 21 heteroatoms. The number of imide groups is 1. The van der Waals surface area contributed by atoms with Crippen LogP contribution in [0.3, 0.4) is 0 Å².